The molecule has 26 heavy (non-hydrogen) atoms. The van der Waals surface area contributed by atoms with Crippen molar-refractivity contribution in [3.05, 3.63) is 42.0 Å². The van der Waals surface area contributed by atoms with Gasteiger partial charge in [0.25, 0.3) is 10.0 Å². The summed E-state index contributed by atoms with van der Waals surface area (Å²) in [5, 5.41) is 0. The number of rotatable bonds is 6. The van der Waals surface area contributed by atoms with Crippen molar-refractivity contribution in [2.75, 3.05) is 13.2 Å². The third kappa shape index (κ3) is 6.18. The first kappa shape index (κ1) is 21.7. The molecular formula is C18H25NO6S. The van der Waals surface area contributed by atoms with Crippen LogP contribution in [-0.2, 0) is 24.3 Å². The predicted molar refractivity (Wildman–Crippen MR) is 97.1 cm³/mol. The minimum absolute atomic E-state index is 0.0554. The fraction of sp³-hybridized carbons (Fsp3) is 0.444. The van der Waals surface area contributed by atoms with E-state index in [9.17, 15) is 18.0 Å². The summed E-state index contributed by atoms with van der Waals surface area (Å²) in [5.41, 5.74) is 0.172. The van der Waals surface area contributed by atoms with Crippen LogP contribution < -0.4 is 0 Å². The SMILES string of the molecule is C=C(C)C(=O)OCCN(C(=O)OC(C)(C)C)S(=O)(=O)c1ccc(C)cc1. The van der Waals surface area contributed by atoms with Gasteiger partial charge in [-0.05, 0) is 46.8 Å². The second kappa shape index (κ2) is 8.35. The minimum atomic E-state index is -4.16. The highest BCUT2D eigenvalue weighted by Gasteiger charge is 2.33. The van der Waals surface area contributed by atoms with E-state index in [1.165, 1.54) is 19.1 Å². The largest absolute Gasteiger partial charge is 0.460 e. The molecule has 1 aromatic rings. The van der Waals surface area contributed by atoms with Crippen molar-refractivity contribution in [1.29, 1.82) is 0 Å². The second-order valence-electron chi connectivity index (χ2n) is 6.79. The molecule has 0 spiro atoms. The van der Waals surface area contributed by atoms with Crippen LogP contribution in [0.5, 0.6) is 0 Å². The van der Waals surface area contributed by atoms with E-state index in [-0.39, 0.29) is 23.6 Å². The number of amides is 1. The molecule has 1 rings (SSSR count). The van der Waals surface area contributed by atoms with Gasteiger partial charge in [-0.2, -0.15) is 4.31 Å². The average Bonchev–Trinajstić information content (AvgIpc) is 2.49. The molecule has 0 aliphatic carbocycles. The maximum atomic E-state index is 12.8. The molecule has 0 fully saturated rings. The number of carbonyl (C=O) groups excluding carboxylic acids is 2. The number of aryl methyl sites for hydroxylation is 1. The van der Waals surface area contributed by atoms with Crippen LogP contribution in [0.2, 0.25) is 0 Å². The van der Waals surface area contributed by atoms with Crippen LogP contribution >= 0.6 is 0 Å². The fourth-order valence-electron chi connectivity index (χ4n) is 1.80. The number of esters is 1. The summed E-state index contributed by atoms with van der Waals surface area (Å²) in [5.74, 6) is -0.665. The van der Waals surface area contributed by atoms with Gasteiger partial charge in [-0.15, -0.1) is 0 Å². The van der Waals surface area contributed by atoms with Gasteiger partial charge in [0.05, 0.1) is 11.4 Å². The van der Waals surface area contributed by atoms with Gasteiger partial charge in [0.2, 0.25) is 0 Å². The van der Waals surface area contributed by atoms with Gasteiger partial charge in [-0.1, -0.05) is 24.3 Å². The Kier molecular flexibility index (Phi) is 6.97. The maximum Gasteiger partial charge on any atom is 0.424 e. The smallest absolute Gasteiger partial charge is 0.424 e. The number of ether oxygens (including phenoxy) is 2. The number of carbonyl (C=O) groups is 2. The van der Waals surface area contributed by atoms with E-state index < -0.39 is 27.7 Å². The molecule has 0 aliphatic rings. The number of hydrogen-bond acceptors (Lipinski definition) is 6. The van der Waals surface area contributed by atoms with Gasteiger partial charge in [0, 0.05) is 5.57 Å². The van der Waals surface area contributed by atoms with Crippen molar-refractivity contribution >= 4 is 22.1 Å². The van der Waals surface area contributed by atoms with E-state index in [2.05, 4.69) is 6.58 Å². The summed E-state index contributed by atoms with van der Waals surface area (Å²) in [7, 11) is -4.16. The topological polar surface area (TPSA) is 90.0 Å². The van der Waals surface area contributed by atoms with Gasteiger partial charge < -0.3 is 9.47 Å². The lowest BCUT2D eigenvalue weighted by Crippen LogP contribution is -2.42. The van der Waals surface area contributed by atoms with Gasteiger partial charge in [-0.3, -0.25) is 0 Å². The Morgan fingerprint density at radius 2 is 1.69 bits per heavy atom. The first-order chi connectivity index (χ1) is 11.8. The highest BCUT2D eigenvalue weighted by atomic mass is 32.2. The molecule has 1 aromatic carbocycles. The van der Waals surface area contributed by atoms with Gasteiger partial charge in [0.15, 0.2) is 0 Å². The maximum absolute atomic E-state index is 12.8. The third-order valence-electron chi connectivity index (χ3n) is 3.08. The van der Waals surface area contributed by atoms with E-state index in [1.54, 1.807) is 32.9 Å². The van der Waals surface area contributed by atoms with Crippen LogP contribution in [0.25, 0.3) is 0 Å². The van der Waals surface area contributed by atoms with Crippen LogP contribution in [0, 0.1) is 6.92 Å². The van der Waals surface area contributed by atoms with E-state index in [0.717, 1.165) is 5.56 Å². The molecule has 7 nitrogen and oxygen atoms in total. The van der Waals surface area contributed by atoms with Crippen molar-refractivity contribution in [3.63, 3.8) is 0 Å². The number of benzene rings is 1. The Hall–Kier alpha value is -2.35. The lowest BCUT2D eigenvalue weighted by Gasteiger charge is -2.27. The molecule has 0 aromatic heterocycles. The van der Waals surface area contributed by atoms with Crippen molar-refractivity contribution < 1.29 is 27.5 Å². The second-order valence-corrected chi connectivity index (χ2v) is 8.65. The Morgan fingerprint density at radius 1 is 1.15 bits per heavy atom. The summed E-state index contributed by atoms with van der Waals surface area (Å²) in [6.07, 6.45) is -1.04. The predicted octanol–water partition coefficient (Wildman–Crippen LogP) is 3.04. The Labute approximate surface area is 154 Å². The first-order valence-electron chi connectivity index (χ1n) is 7.99. The Morgan fingerprint density at radius 3 is 2.15 bits per heavy atom. The van der Waals surface area contributed by atoms with E-state index in [4.69, 9.17) is 9.47 Å². The molecule has 0 saturated heterocycles. The molecule has 144 valence electrons. The quantitative estimate of drug-likeness (QED) is 0.554. The molecule has 0 N–H and O–H groups in total. The Bertz CT molecular complexity index is 775. The van der Waals surface area contributed by atoms with Crippen LogP contribution in [0.3, 0.4) is 0 Å². The van der Waals surface area contributed by atoms with E-state index in [0.29, 0.717) is 4.31 Å². The zero-order chi connectivity index (χ0) is 20.1. The first-order valence-corrected chi connectivity index (χ1v) is 9.43. The van der Waals surface area contributed by atoms with E-state index >= 15 is 0 Å². The number of nitrogens with zero attached hydrogens (tertiary/aromatic N) is 1. The molecule has 0 heterocycles. The highest BCUT2D eigenvalue weighted by molar-refractivity contribution is 7.89. The molecule has 0 atom stereocenters. The zero-order valence-corrected chi connectivity index (χ0v) is 16.6. The Balaban J connectivity index is 3.09. The standard InChI is InChI=1S/C18H25NO6S/c1-13(2)16(20)24-12-11-19(17(21)25-18(4,5)6)26(22,23)15-9-7-14(3)8-10-15/h7-10H,1,11-12H2,2-6H3. The summed E-state index contributed by atoms with van der Waals surface area (Å²) >= 11 is 0. The highest BCUT2D eigenvalue weighted by Crippen LogP contribution is 2.19. The molecule has 1 amide bonds. The van der Waals surface area contributed by atoms with Crippen molar-refractivity contribution in [3.8, 4) is 0 Å². The summed E-state index contributed by atoms with van der Waals surface area (Å²) in [6, 6.07) is 6.06. The van der Waals surface area contributed by atoms with Gasteiger partial charge in [-0.25, -0.2) is 18.0 Å². The summed E-state index contributed by atoms with van der Waals surface area (Å²) in [4.78, 5) is 23.8. The van der Waals surface area contributed by atoms with E-state index in [1.807, 2.05) is 6.92 Å². The van der Waals surface area contributed by atoms with Crippen molar-refractivity contribution in [2.24, 2.45) is 0 Å². The van der Waals surface area contributed by atoms with Gasteiger partial charge in [0.1, 0.15) is 12.2 Å². The minimum Gasteiger partial charge on any atom is -0.460 e. The van der Waals surface area contributed by atoms with Gasteiger partial charge >= 0.3 is 12.1 Å². The molecule has 0 saturated carbocycles. The normalized spacial score (nSPS) is 11.6. The van der Waals surface area contributed by atoms with Crippen LogP contribution in [0.1, 0.15) is 33.3 Å². The molecule has 0 unspecified atom stereocenters. The molecule has 0 radical (unpaired) electrons. The molecular weight excluding hydrogens is 358 g/mol. The van der Waals surface area contributed by atoms with Crippen LogP contribution in [0.15, 0.2) is 41.3 Å². The van der Waals surface area contributed by atoms with Crippen molar-refractivity contribution in [1.82, 2.24) is 4.31 Å². The monoisotopic (exact) mass is 383 g/mol. The number of sulfonamides is 1. The molecule has 8 heteroatoms. The van der Waals surface area contributed by atoms with Crippen LogP contribution in [0.4, 0.5) is 4.79 Å². The summed E-state index contributed by atoms with van der Waals surface area (Å²) in [6.45, 7) is 10.9. The van der Waals surface area contributed by atoms with Crippen LogP contribution in [-0.4, -0.2) is 43.5 Å². The third-order valence-corrected chi connectivity index (χ3v) is 4.86. The lowest BCUT2D eigenvalue weighted by molar-refractivity contribution is -0.139. The zero-order valence-electron chi connectivity index (χ0n) is 15.7. The summed E-state index contributed by atoms with van der Waals surface area (Å²) < 4.78 is 36.4. The van der Waals surface area contributed by atoms with Crippen molar-refractivity contribution in [2.45, 2.75) is 45.1 Å². The number of hydrogen-bond donors (Lipinski definition) is 0. The molecule has 0 aliphatic heterocycles. The molecule has 0 bridgehead atoms. The average molecular weight is 383 g/mol. The lowest BCUT2D eigenvalue weighted by atomic mass is 10.2. The fourth-order valence-corrected chi connectivity index (χ4v) is 3.09.